The van der Waals surface area contributed by atoms with Crippen LogP contribution in [0.2, 0.25) is 0 Å². The zero-order chi connectivity index (χ0) is 16.1. The Balaban J connectivity index is 4.66. The first-order valence-electron chi connectivity index (χ1n) is 7.06. The number of hydrogen-bond acceptors (Lipinski definition) is 4. The van der Waals surface area contributed by atoms with Gasteiger partial charge in [-0.05, 0) is 47.0 Å². The van der Waals surface area contributed by atoms with Crippen LogP contribution >= 0.6 is 0 Å². The van der Waals surface area contributed by atoms with Crippen LogP contribution in [0.4, 0.5) is 4.79 Å². The maximum Gasteiger partial charge on any atom is 0.407 e. The second-order valence-electron chi connectivity index (χ2n) is 7.16. The zero-order valence-corrected chi connectivity index (χ0v) is 13.7. The molecule has 20 heavy (non-hydrogen) atoms. The fraction of sp³-hybridized carbons (Fsp3) is 0.867. The molecule has 0 aliphatic heterocycles. The topological polar surface area (TPSA) is 75.6 Å². The third kappa shape index (κ3) is 8.91. The molecular weight excluding hydrogens is 258 g/mol. The summed E-state index contributed by atoms with van der Waals surface area (Å²) in [6.07, 6.45) is 0.217. The van der Waals surface area contributed by atoms with Gasteiger partial charge in [0.2, 0.25) is 0 Å². The van der Waals surface area contributed by atoms with Crippen LogP contribution in [0, 0.1) is 5.92 Å². The Bertz CT molecular complexity index is 337. The highest BCUT2D eigenvalue weighted by Crippen LogP contribution is 2.15. The maximum atomic E-state index is 11.9. The molecule has 5 nitrogen and oxygen atoms in total. The monoisotopic (exact) mass is 287 g/mol. The molecule has 5 heteroatoms. The molecule has 0 spiro atoms. The van der Waals surface area contributed by atoms with Gasteiger partial charge in [0.25, 0.3) is 0 Å². The third-order valence-corrected chi connectivity index (χ3v) is 2.59. The Morgan fingerprint density at radius 1 is 1.15 bits per heavy atom. The highest BCUT2D eigenvalue weighted by Gasteiger charge is 2.28. The fourth-order valence-corrected chi connectivity index (χ4v) is 1.71. The molecule has 0 aliphatic rings. The Labute approximate surface area is 122 Å². The number of hydrogen-bond donors (Lipinski definition) is 2. The van der Waals surface area contributed by atoms with Gasteiger partial charge in [-0.1, -0.05) is 13.8 Å². The average molecular weight is 287 g/mol. The molecule has 0 aromatic carbocycles. The number of carbonyl (C=O) groups is 2. The van der Waals surface area contributed by atoms with E-state index in [0.29, 0.717) is 12.3 Å². The largest absolute Gasteiger partial charge is 0.444 e. The van der Waals surface area contributed by atoms with E-state index in [2.05, 4.69) is 5.32 Å². The normalized spacial score (nSPS) is 14.1. The Morgan fingerprint density at radius 2 is 1.65 bits per heavy atom. The van der Waals surface area contributed by atoms with Crippen molar-refractivity contribution in [1.29, 1.82) is 0 Å². The van der Waals surface area contributed by atoms with Gasteiger partial charge >= 0.3 is 6.09 Å². The number of ether oxygens (including phenoxy) is 1. The molecule has 0 saturated heterocycles. The van der Waals surface area contributed by atoms with E-state index < -0.39 is 17.3 Å². The molecule has 118 valence electrons. The molecule has 1 amide bonds. The first-order valence-corrected chi connectivity index (χ1v) is 7.06. The predicted molar refractivity (Wildman–Crippen MR) is 78.5 cm³/mol. The highest BCUT2D eigenvalue weighted by atomic mass is 16.6. The number of nitrogens with one attached hydrogen (secondary N) is 1. The lowest BCUT2D eigenvalue weighted by atomic mass is 9.93. The molecule has 0 saturated carbocycles. The van der Waals surface area contributed by atoms with E-state index in [1.807, 2.05) is 13.8 Å². The molecule has 0 aliphatic carbocycles. The summed E-state index contributed by atoms with van der Waals surface area (Å²) >= 11 is 0. The van der Waals surface area contributed by atoms with E-state index in [1.165, 1.54) is 13.8 Å². The van der Waals surface area contributed by atoms with Crippen molar-refractivity contribution in [2.24, 2.45) is 5.92 Å². The smallest absolute Gasteiger partial charge is 0.407 e. The Hall–Kier alpha value is -1.10. The molecule has 0 radical (unpaired) electrons. The Kier molecular flexibility index (Phi) is 6.68. The molecule has 0 unspecified atom stereocenters. The molecule has 0 heterocycles. The Morgan fingerprint density at radius 3 is 2.00 bits per heavy atom. The van der Waals surface area contributed by atoms with Crippen molar-refractivity contribution in [3.05, 3.63) is 0 Å². The molecule has 2 N–H and O–H groups in total. The molecule has 0 bridgehead atoms. The number of carbonyl (C=O) groups excluding carboxylic acids is 2. The average Bonchev–Trinajstić information content (AvgIpc) is 2.10. The van der Waals surface area contributed by atoms with E-state index in [9.17, 15) is 14.7 Å². The van der Waals surface area contributed by atoms with Gasteiger partial charge in [-0.25, -0.2) is 4.79 Å². The van der Waals surface area contributed by atoms with Gasteiger partial charge in [0.05, 0.1) is 0 Å². The lowest BCUT2D eigenvalue weighted by molar-refractivity contribution is -0.134. The second kappa shape index (κ2) is 7.07. The summed E-state index contributed by atoms with van der Waals surface area (Å²) < 4.78 is 5.19. The van der Waals surface area contributed by atoms with Crippen molar-refractivity contribution in [3.8, 4) is 0 Å². The van der Waals surface area contributed by atoms with Gasteiger partial charge in [-0.3, -0.25) is 4.79 Å². The molecule has 0 fully saturated rings. The summed E-state index contributed by atoms with van der Waals surface area (Å²) in [4.78, 5) is 23.7. The SMILES string of the molecule is CC(C)C[C@@H](CC(=O)C(C)(C)O)NC(=O)OC(C)(C)C. The minimum absolute atomic E-state index is 0.0981. The molecule has 0 aromatic rings. The van der Waals surface area contributed by atoms with Crippen molar-refractivity contribution >= 4 is 11.9 Å². The van der Waals surface area contributed by atoms with Crippen LogP contribution < -0.4 is 5.32 Å². The minimum Gasteiger partial charge on any atom is -0.444 e. The van der Waals surface area contributed by atoms with E-state index in [1.54, 1.807) is 20.8 Å². The van der Waals surface area contributed by atoms with E-state index in [4.69, 9.17) is 4.74 Å². The van der Waals surface area contributed by atoms with E-state index >= 15 is 0 Å². The van der Waals surface area contributed by atoms with Crippen molar-refractivity contribution in [2.75, 3.05) is 0 Å². The number of aliphatic hydroxyl groups is 1. The number of rotatable bonds is 6. The lowest BCUT2D eigenvalue weighted by Crippen LogP contribution is -2.43. The third-order valence-electron chi connectivity index (χ3n) is 2.59. The summed E-state index contributed by atoms with van der Waals surface area (Å²) in [5.41, 5.74) is -1.96. The maximum absolute atomic E-state index is 11.9. The van der Waals surface area contributed by atoms with Crippen LogP contribution in [-0.4, -0.2) is 34.2 Å². The standard InChI is InChI=1S/C15H29NO4/c1-10(2)8-11(9-12(17)15(6,7)19)16-13(18)20-14(3,4)5/h10-11,19H,8-9H2,1-7H3,(H,16,18)/t11-/m0/s1. The predicted octanol–water partition coefficient (Wildman–Crippen LogP) is 2.66. The summed E-state index contributed by atoms with van der Waals surface area (Å²) in [5, 5.41) is 12.4. The van der Waals surface area contributed by atoms with Crippen LogP contribution in [0.15, 0.2) is 0 Å². The van der Waals surface area contributed by atoms with E-state index in [0.717, 1.165) is 0 Å². The quantitative estimate of drug-likeness (QED) is 0.787. The van der Waals surface area contributed by atoms with Crippen LogP contribution in [-0.2, 0) is 9.53 Å². The molecule has 1 atom stereocenters. The number of Topliss-reactive ketones (excluding diaryl/α,β-unsaturated/α-hetero) is 1. The van der Waals surface area contributed by atoms with Gasteiger partial charge in [0.1, 0.15) is 11.2 Å². The number of amides is 1. The lowest BCUT2D eigenvalue weighted by Gasteiger charge is -2.26. The number of alkyl carbamates (subject to hydrolysis) is 1. The van der Waals surface area contributed by atoms with Crippen LogP contribution in [0.5, 0.6) is 0 Å². The first kappa shape index (κ1) is 18.9. The highest BCUT2D eigenvalue weighted by molar-refractivity contribution is 5.87. The van der Waals surface area contributed by atoms with Gasteiger partial charge in [-0.15, -0.1) is 0 Å². The van der Waals surface area contributed by atoms with Crippen LogP contribution in [0.25, 0.3) is 0 Å². The van der Waals surface area contributed by atoms with E-state index in [-0.39, 0.29) is 18.2 Å². The van der Waals surface area contributed by atoms with Gasteiger partial charge < -0.3 is 15.2 Å². The first-order chi connectivity index (χ1) is 8.81. The van der Waals surface area contributed by atoms with Crippen molar-refractivity contribution < 1.29 is 19.4 Å². The van der Waals surface area contributed by atoms with Gasteiger partial charge in [0.15, 0.2) is 5.78 Å². The van der Waals surface area contributed by atoms with Crippen molar-refractivity contribution in [1.82, 2.24) is 5.32 Å². The second-order valence-corrected chi connectivity index (χ2v) is 7.16. The molecule has 0 aromatic heterocycles. The molecule has 0 rings (SSSR count). The zero-order valence-electron chi connectivity index (χ0n) is 13.7. The fourth-order valence-electron chi connectivity index (χ4n) is 1.71. The summed E-state index contributed by atoms with van der Waals surface area (Å²) in [5.74, 6) is 0.0313. The molecular formula is C15H29NO4. The van der Waals surface area contributed by atoms with Crippen molar-refractivity contribution in [2.45, 2.75) is 78.6 Å². The van der Waals surface area contributed by atoms with Crippen LogP contribution in [0.3, 0.4) is 0 Å². The summed E-state index contributed by atoms with van der Waals surface area (Å²) in [7, 11) is 0. The number of ketones is 1. The summed E-state index contributed by atoms with van der Waals surface area (Å²) in [6, 6.07) is -0.330. The minimum atomic E-state index is -1.38. The van der Waals surface area contributed by atoms with Gasteiger partial charge in [0, 0.05) is 12.5 Å². The van der Waals surface area contributed by atoms with Crippen molar-refractivity contribution in [3.63, 3.8) is 0 Å². The summed E-state index contributed by atoms with van der Waals surface area (Å²) in [6.45, 7) is 12.3. The van der Waals surface area contributed by atoms with Crippen LogP contribution in [0.1, 0.15) is 61.3 Å². The van der Waals surface area contributed by atoms with Gasteiger partial charge in [-0.2, -0.15) is 0 Å².